The summed E-state index contributed by atoms with van der Waals surface area (Å²) in [4.78, 5) is 24.8. The summed E-state index contributed by atoms with van der Waals surface area (Å²) in [5.41, 5.74) is -0.202. The molecular weight excluding hydrogens is 262 g/mol. The fourth-order valence-electron chi connectivity index (χ4n) is 1.35. The first kappa shape index (κ1) is 18.7. The first-order valence-corrected chi connectivity index (χ1v) is 6.64. The van der Waals surface area contributed by atoms with Crippen LogP contribution in [0.15, 0.2) is 0 Å². The van der Waals surface area contributed by atoms with E-state index in [-0.39, 0.29) is 5.54 Å². The number of methoxy groups -OCH3 is 1. The highest BCUT2D eigenvalue weighted by atomic mass is 16.5. The van der Waals surface area contributed by atoms with Crippen molar-refractivity contribution in [3.8, 4) is 0 Å². The Kier molecular flexibility index (Phi) is 8.17. The molecule has 0 saturated carbocycles. The second kappa shape index (κ2) is 8.76. The summed E-state index contributed by atoms with van der Waals surface area (Å²) in [5.74, 6) is -1.04. The Hall–Kier alpha value is -1.34. The molecule has 0 bridgehead atoms. The van der Waals surface area contributed by atoms with Crippen LogP contribution in [0.5, 0.6) is 0 Å². The average Bonchev–Trinajstić information content (AvgIpc) is 2.35. The normalized spacial score (nSPS) is 13.1. The van der Waals surface area contributed by atoms with Gasteiger partial charge >= 0.3 is 12.0 Å². The molecule has 118 valence electrons. The molecule has 0 aliphatic heterocycles. The van der Waals surface area contributed by atoms with Crippen LogP contribution in [-0.4, -0.2) is 67.9 Å². The van der Waals surface area contributed by atoms with Crippen molar-refractivity contribution in [2.45, 2.75) is 38.3 Å². The number of nitrogens with zero attached hydrogens (tertiary/aromatic N) is 1. The highest BCUT2D eigenvalue weighted by molar-refractivity contribution is 5.82. The number of carbonyl (C=O) groups excluding carboxylic acids is 1. The molecule has 0 rings (SSSR count). The third kappa shape index (κ3) is 7.30. The topological polar surface area (TPSA) is 90.9 Å². The molecule has 0 aliphatic carbocycles. The van der Waals surface area contributed by atoms with Gasteiger partial charge in [0.25, 0.3) is 0 Å². The van der Waals surface area contributed by atoms with Crippen LogP contribution >= 0.6 is 0 Å². The number of carboxylic acids is 1. The van der Waals surface area contributed by atoms with Crippen molar-refractivity contribution in [3.63, 3.8) is 0 Å². The molecule has 3 N–H and O–H groups in total. The van der Waals surface area contributed by atoms with E-state index in [4.69, 9.17) is 9.84 Å². The Morgan fingerprint density at radius 3 is 2.40 bits per heavy atom. The SMILES string of the molecule is COCCCC(NC(=O)NCC(C)(C)N(C)C)C(=O)O. The molecule has 0 spiro atoms. The van der Waals surface area contributed by atoms with E-state index < -0.39 is 18.0 Å². The van der Waals surface area contributed by atoms with E-state index in [2.05, 4.69) is 10.6 Å². The van der Waals surface area contributed by atoms with Crippen molar-refractivity contribution in [2.75, 3.05) is 34.4 Å². The maximum Gasteiger partial charge on any atom is 0.326 e. The number of aliphatic carboxylic acids is 1. The number of carbonyl (C=O) groups is 2. The highest BCUT2D eigenvalue weighted by Crippen LogP contribution is 2.07. The van der Waals surface area contributed by atoms with Crippen LogP contribution in [0.2, 0.25) is 0 Å². The van der Waals surface area contributed by atoms with E-state index in [1.807, 2.05) is 32.8 Å². The van der Waals surface area contributed by atoms with E-state index in [9.17, 15) is 9.59 Å². The third-order valence-electron chi connectivity index (χ3n) is 3.34. The molecule has 0 radical (unpaired) electrons. The number of urea groups is 1. The van der Waals surface area contributed by atoms with Gasteiger partial charge in [0.05, 0.1) is 0 Å². The minimum atomic E-state index is -1.04. The van der Waals surface area contributed by atoms with Crippen molar-refractivity contribution < 1.29 is 19.4 Å². The third-order valence-corrected chi connectivity index (χ3v) is 3.34. The lowest BCUT2D eigenvalue weighted by molar-refractivity contribution is -0.139. The molecule has 2 amide bonds. The quantitative estimate of drug-likeness (QED) is 0.538. The van der Waals surface area contributed by atoms with Crippen molar-refractivity contribution >= 4 is 12.0 Å². The van der Waals surface area contributed by atoms with Gasteiger partial charge in [-0.25, -0.2) is 9.59 Å². The smallest absolute Gasteiger partial charge is 0.326 e. The summed E-state index contributed by atoms with van der Waals surface area (Å²) in [6.45, 7) is 4.87. The minimum Gasteiger partial charge on any atom is -0.480 e. The van der Waals surface area contributed by atoms with Crippen LogP contribution in [-0.2, 0) is 9.53 Å². The molecule has 7 heteroatoms. The fourth-order valence-corrected chi connectivity index (χ4v) is 1.35. The number of amides is 2. The van der Waals surface area contributed by atoms with Gasteiger partial charge in [-0.15, -0.1) is 0 Å². The second-order valence-corrected chi connectivity index (χ2v) is 5.56. The van der Waals surface area contributed by atoms with Gasteiger partial charge in [0.1, 0.15) is 6.04 Å². The first-order valence-electron chi connectivity index (χ1n) is 6.64. The molecule has 0 aliphatic rings. The summed E-state index contributed by atoms with van der Waals surface area (Å²) >= 11 is 0. The zero-order chi connectivity index (χ0) is 15.8. The van der Waals surface area contributed by atoms with Gasteiger partial charge in [0.15, 0.2) is 0 Å². The lowest BCUT2D eigenvalue weighted by atomic mass is 10.0. The summed E-state index contributed by atoms with van der Waals surface area (Å²) in [6, 6.07) is -1.36. The number of ether oxygens (including phenoxy) is 1. The van der Waals surface area contributed by atoms with Gasteiger partial charge in [0.2, 0.25) is 0 Å². The van der Waals surface area contributed by atoms with Crippen LogP contribution in [0.4, 0.5) is 4.79 Å². The second-order valence-electron chi connectivity index (χ2n) is 5.56. The molecule has 0 aromatic carbocycles. The van der Waals surface area contributed by atoms with Crippen molar-refractivity contribution in [2.24, 2.45) is 0 Å². The van der Waals surface area contributed by atoms with Crippen LogP contribution in [0, 0.1) is 0 Å². The summed E-state index contributed by atoms with van der Waals surface area (Å²) in [6.07, 6.45) is 0.921. The van der Waals surface area contributed by atoms with Gasteiger partial charge in [-0.05, 0) is 40.8 Å². The molecule has 1 unspecified atom stereocenters. The number of likely N-dealkylation sites (N-methyl/N-ethyl adjacent to an activating group) is 1. The van der Waals surface area contributed by atoms with Crippen LogP contribution < -0.4 is 10.6 Å². The Labute approximate surface area is 120 Å². The number of hydrogen-bond acceptors (Lipinski definition) is 4. The zero-order valence-corrected chi connectivity index (χ0v) is 13.0. The predicted molar refractivity (Wildman–Crippen MR) is 76.8 cm³/mol. The molecule has 0 saturated heterocycles. The zero-order valence-electron chi connectivity index (χ0n) is 13.0. The standard InChI is InChI=1S/C13H27N3O4/c1-13(2,16(3)4)9-14-12(19)15-10(11(17)18)7-6-8-20-5/h10H,6-9H2,1-5H3,(H,17,18)(H2,14,15,19). The van der Waals surface area contributed by atoms with Gasteiger partial charge in [-0.1, -0.05) is 0 Å². The maximum atomic E-state index is 11.7. The lowest BCUT2D eigenvalue weighted by Gasteiger charge is -2.32. The van der Waals surface area contributed by atoms with E-state index in [0.717, 1.165) is 0 Å². The largest absolute Gasteiger partial charge is 0.480 e. The Balaban J connectivity index is 4.23. The molecule has 0 aromatic rings. The van der Waals surface area contributed by atoms with Gasteiger partial charge < -0.3 is 25.4 Å². The monoisotopic (exact) mass is 289 g/mol. The Bertz CT molecular complexity index is 319. The van der Waals surface area contributed by atoms with Crippen LogP contribution in [0.1, 0.15) is 26.7 Å². The van der Waals surface area contributed by atoms with Crippen molar-refractivity contribution in [1.82, 2.24) is 15.5 Å². The molecule has 1 atom stereocenters. The summed E-state index contributed by atoms with van der Waals surface area (Å²) in [5, 5.41) is 14.2. The minimum absolute atomic E-state index is 0.202. The number of nitrogens with one attached hydrogen (secondary N) is 2. The van der Waals surface area contributed by atoms with E-state index in [1.54, 1.807) is 7.11 Å². The van der Waals surface area contributed by atoms with E-state index in [1.165, 1.54) is 0 Å². The fraction of sp³-hybridized carbons (Fsp3) is 0.846. The molecular formula is C13H27N3O4. The summed E-state index contributed by atoms with van der Waals surface area (Å²) in [7, 11) is 5.40. The molecule has 20 heavy (non-hydrogen) atoms. The lowest BCUT2D eigenvalue weighted by Crippen LogP contribution is -2.52. The van der Waals surface area contributed by atoms with E-state index >= 15 is 0 Å². The Morgan fingerprint density at radius 2 is 1.95 bits per heavy atom. The number of hydrogen-bond donors (Lipinski definition) is 3. The van der Waals surface area contributed by atoms with Crippen molar-refractivity contribution in [3.05, 3.63) is 0 Å². The van der Waals surface area contributed by atoms with Gasteiger partial charge in [-0.2, -0.15) is 0 Å². The van der Waals surface area contributed by atoms with E-state index in [0.29, 0.717) is 26.0 Å². The molecule has 0 aromatic heterocycles. The Morgan fingerprint density at radius 1 is 1.35 bits per heavy atom. The van der Waals surface area contributed by atoms with Crippen molar-refractivity contribution in [1.29, 1.82) is 0 Å². The van der Waals surface area contributed by atoms with Gasteiger partial charge in [0, 0.05) is 25.8 Å². The van der Waals surface area contributed by atoms with Crippen LogP contribution in [0.3, 0.4) is 0 Å². The number of carboxylic acid groups (broad SMARTS) is 1. The molecule has 7 nitrogen and oxygen atoms in total. The maximum absolute atomic E-state index is 11.7. The number of rotatable bonds is 9. The predicted octanol–water partition coefficient (Wildman–Crippen LogP) is 0.506. The molecule has 0 heterocycles. The highest BCUT2D eigenvalue weighted by Gasteiger charge is 2.23. The van der Waals surface area contributed by atoms with Gasteiger partial charge in [-0.3, -0.25) is 0 Å². The van der Waals surface area contributed by atoms with Crippen LogP contribution in [0.25, 0.3) is 0 Å². The summed E-state index contributed by atoms with van der Waals surface area (Å²) < 4.78 is 4.87. The first-order chi connectivity index (χ1) is 9.20. The average molecular weight is 289 g/mol. The molecule has 0 fully saturated rings.